The number of carbonyl (C=O) groups excluding carboxylic acids is 2. The fourth-order valence-electron chi connectivity index (χ4n) is 4.23. The first-order chi connectivity index (χ1) is 17.2. The number of aromatic nitrogens is 1. The molecule has 1 N–H and O–H groups in total. The fourth-order valence-corrected chi connectivity index (χ4v) is 4.23. The second kappa shape index (κ2) is 12.6. The maximum absolute atomic E-state index is 13.6. The molecule has 0 radical (unpaired) electrons. The van der Waals surface area contributed by atoms with Gasteiger partial charge >= 0.3 is 0 Å². The lowest BCUT2D eigenvalue weighted by Crippen LogP contribution is -2.47. The van der Waals surface area contributed by atoms with Crippen LogP contribution in [0.4, 0.5) is 0 Å². The van der Waals surface area contributed by atoms with E-state index < -0.39 is 5.41 Å². The standard InChI is InChI=1S/C29H39N3O4/c1-29(2,3)28(34)32(16-8-18-35-4)21-27(33)31(20-22-11-13-24(36-5)14-12-22)17-15-23-19-30-26-10-7-6-9-25(23)26/h6-7,9-14,19,30H,8,15-18,20-21H2,1-5H3. The van der Waals surface area contributed by atoms with Crippen LogP contribution in [-0.2, 0) is 27.3 Å². The Kier molecular flexibility index (Phi) is 9.53. The normalized spacial score (nSPS) is 11.5. The highest BCUT2D eigenvalue weighted by molar-refractivity contribution is 5.87. The minimum absolute atomic E-state index is 0.0343. The maximum Gasteiger partial charge on any atom is 0.242 e. The second-order valence-electron chi connectivity index (χ2n) is 10.1. The van der Waals surface area contributed by atoms with Crippen LogP contribution in [0.2, 0.25) is 0 Å². The van der Waals surface area contributed by atoms with Crippen LogP contribution < -0.4 is 4.74 Å². The molecule has 0 atom stereocenters. The summed E-state index contributed by atoms with van der Waals surface area (Å²) in [4.78, 5) is 33.6. The summed E-state index contributed by atoms with van der Waals surface area (Å²) in [6, 6.07) is 15.9. The Morgan fingerprint density at radius 2 is 1.67 bits per heavy atom. The minimum Gasteiger partial charge on any atom is -0.497 e. The zero-order valence-corrected chi connectivity index (χ0v) is 22.2. The number of nitrogens with zero attached hydrogens (tertiary/aromatic N) is 2. The molecule has 7 nitrogen and oxygen atoms in total. The Morgan fingerprint density at radius 3 is 2.33 bits per heavy atom. The molecule has 0 saturated heterocycles. The predicted octanol–water partition coefficient (Wildman–Crippen LogP) is 4.66. The van der Waals surface area contributed by atoms with Crippen molar-refractivity contribution >= 4 is 22.7 Å². The number of fused-ring (bicyclic) bond motifs is 1. The Bertz CT molecular complexity index is 1130. The smallest absolute Gasteiger partial charge is 0.242 e. The summed E-state index contributed by atoms with van der Waals surface area (Å²) < 4.78 is 10.5. The fraction of sp³-hybridized carbons (Fsp3) is 0.448. The summed E-state index contributed by atoms with van der Waals surface area (Å²) in [7, 11) is 3.28. The molecule has 3 aromatic rings. The van der Waals surface area contributed by atoms with E-state index in [0.29, 0.717) is 39.1 Å². The van der Waals surface area contributed by atoms with E-state index in [9.17, 15) is 9.59 Å². The van der Waals surface area contributed by atoms with Crippen molar-refractivity contribution in [3.8, 4) is 5.75 Å². The predicted molar refractivity (Wildman–Crippen MR) is 143 cm³/mol. The van der Waals surface area contributed by atoms with Gasteiger partial charge in [0.05, 0.1) is 13.7 Å². The highest BCUT2D eigenvalue weighted by atomic mass is 16.5. The molecule has 0 saturated carbocycles. The summed E-state index contributed by atoms with van der Waals surface area (Å²) in [5.41, 5.74) is 2.69. The molecule has 0 unspecified atom stereocenters. The lowest BCUT2D eigenvalue weighted by atomic mass is 9.94. The highest BCUT2D eigenvalue weighted by Crippen LogP contribution is 2.21. The molecule has 0 aliphatic heterocycles. The summed E-state index contributed by atoms with van der Waals surface area (Å²) in [6.45, 7) is 7.72. The van der Waals surface area contributed by atoms with Gasteiger partial charge in [-0.05, 0) is 42.2 Å². The Hall–Kier alpha value is -3.32. The van der Waals surface area contributed by atoms with Crippen molar-refractivity contribution < 1.29 is 19.1 Å². The summed E-state index contributed by atoms with van der Waals surface area (Å²) in [5, 5.41) is 1.17. The number of H-pyrrole nitrogens is 1. The van der Waals surface area contributed by atoms with E-state index in [1.54, 1.807) is 19.1 Å². The molecule has 0 aliphatic carbocycles. The molecule has 0 bridgehead atoms. The van der Waals surface area contributed by atoms with E-state index >= 15 is 0 Å². The first kappa shape index (κ1) is 27.3. The SMILES string of the molecule is COCCCN(CC(=O)N(CCc1c[nH]c2ccccc12)Cc1ccc(OC)cc1)C(=O)C(C)(C)C. The van der Waals surface area contributed by atoms with E-state index in [-0.39, 0.29) is 18.4 Å². The average Bonchev–Trinajstić information content (AvgIpc) is 3.28. The molecule has 0 spiro atoms. The van der Waals surface area contributed by atoms with Crippen LogP contribution in [-0.4, -0.2) is 67.1 Å². The van der Waals surface area contributed by atoms with E-state index in [2.05, 4.69) is 17.1 Å². The number of amides is 2. The van der Waals surface area contributed by atoms with Gasteiger partial charge in [0.1, 0.15) is 5.75 Å². The van der Waals surface area contributed by atoms with Crippen LogP contribution in [0, 0.1) is 5.41 Å². The third-order valence-electron chi connectivity index (χ3n) is 6.24. The summed E-state index contributed by atoms with van der Waals surface area (Å²) >= 11 is 0. The number of carbonyl (C=O) groups is 2. The van der Waals surface area contributed by atoms with E-state index in [1.807, 2.05) is 68.3 Å². The highest BCUT2D eigenvalue weighted by Gasteiger charge is 2.29. The van der Waals surface area contributed by atoms with Crippen LogP contribution in [0.25, 0.3) is 10.9 Å². The Morgan fingerprint density at radius 1 is 0.944 bits per heavy atom. The van der Waals surface area contributed by atoms with Crippen molar-refractivity contribution in [3.63, 3.8) is 0 Å². The molecule has 7 heteroatoms. The molecule has 2 aromatic carbocycles. The first-order valence-electron chi connectivity index (χ1n) is 12.5. The molecular weight excluding hydrogens is 454 g/mol. The number of ether oxygens (including phenoxy) is 2. The molecule has 0 aliphatic rings. The molecule has 0 fully saturated rings. The van der Waals surface area contributed by atoms with Crippen LogP contribution >= 0.6 is 0 Å². The van der Waals surface area contributed by atoms with Gasteiger partial charge in [0.2, 0.25) is 11.8 Å². The number of methoxy groups -OCH3 is 2. The molecular formula is C29H39N3O4. The van der Waals surface area contributed by atoms with Crippen LogP contribution in [0.5, 0.6) is 5.75 Å². The van der Waals surface area contributed by atoms with Crippen LogP contribution in [0.15, 0.2) is 54.7 Å². The Labute approximate surface area is 214 Å². The number of hydrogen-bond acceptors (Lipinski definition) is 4. The number of benzene rings is 2. The lowest BCUT2D eigenvalue weighted by Gasteiger charge is -2.31. The molecule has 2 amide bonds. The van der Waals surface area contributed by atoms with E-state index in [1.165, 1.54) is 10.9 Å². The number of hydrogen-bond donors (Lipinski definition) is 1. The van der Waals surface area contributed by atoms with Gasteiger partial charge in [0.25, 0.3) is 0 Å². The number of aromatic amines is 1. The topological polar surface area (TPSA) is 74.9 Å². The van der Waals surface area contributed by atoms with Gasteiger partial charge in [-0.3, -0.25) is 9.59 Å². The maximum atomic E-state index is 13.6. The van der Waals surface area contributed by atoms with Gasteiger partial charge in [-0.15, -0.1) is 0 Å². The van der Waals surface area contributed by atoms with Gasteiger partial charge in [-0.25, -0.2) is 0 Å². The number of rotatable bonds is 12. The molecule has 1 aromatic heterocycles. The van der Waals surface area contributed by atoms with Gasteiger partial charge in [0, 0.05) is 55.9 Å². The molecule has 1 heterocycles. The summed E-state index contributed by atoms with van der Waals surface area (Å²) in [5.74, 6) is 0.671. The van der Waals surface area contributed by atoms with Crippen molar-refractivity contribution in [2.45, 2.75) is 40.2 Å². The molecule has 194 valence electrons. The lowest BCUT2D eigenvalue weighted by molar-refractivity contribution is -0.146. The summed E-state index contributed by atoms with van der Waals surface area (Å²) in [6.07, 6.45) is 3.41. The van der Waals surface area contributed by atoms with Crippen molar-refractivity contribution in [1.82, 2.24) is 14.8 Å². The van der Waals surface area contributed by atoms with Crippen molar-refractivity contribution in [3.05, 3.63) is 65.9 Å². The number of para-hydroxylation sites is 1. The van der Waals surface area contributed by atoms with Gasteiger partial charge in [-0.2, -0.15) is 0 Å². The van der Waals surface area contributed by atoms with Crippen molar-refractivity contribution in [2.75, 3.05) is 40.5 Å². The Balaban J connectivity index is 1.79. The van der Waals surface area contributed by atoms with Crippen molar-refractivity contribution in [1.29, 1.82) is 0 Å². The molecule has 36 heavy (non-hydrogen) atoms. The molecule has 3 rings (SSSR count). The minimum atomic E-state index is -0.571. The third-order valence-corrected chi connectivity index (χ3v) is 6.24. The zero-order valence-electron chi connectivity index (χ0n) is 22.2. The van der Waals surface area contributed by atoms with Crippen LogP contribution in [0.1, 0.15) is 38.3 Å². The average molecular weight is 494 g/mol. The number of nitrogens with one attached hydrogen (secondary N) is 1. The van der Waals surface area contributed by atoms with E-state index in [4.69, 9.17) is 9.47 Å². The second-order valence-corrected chi connectivity index (χ2v) is 10.1. The monoisotopic (exact) mass is 493 g/mol. The van der Waals surface area contributed by atoms with Gasteiger partial charge < -0.3 is 24.3 Å². The quantitative estimate of drug-likeness (QED) is 0.373. The first-order valence-corrected chi connectivity index (χ1v) is 12.5. The van der Waals surface area contributed by atoms with E-state index in [0.717, 1.165) is 16.8 Å². The largest absolute Gasteiger partial charge is 0.497 e. The van der Waals surface area contributed by atoms with Gasteiger partial charge in [-0.1, -0.05) is 51.1 Å². The zero-order chi connectivity index (χ0) is 26.1. The van der Waals surface area contributed by atoms with Gasteiger partial charge in [0.15, 0.2) is 0 Å². The van der Waals surface area contributed by atoms with Crippen molar-refractivity contribution in [2.24, 2.45) is 5.41 Å². The third kappa shape index (κ3) is 7.34. The van der Waals surface area contributed by atoms with Crippen LogP contribution in [0.3, 0.4) is 0 Å².